The monoisotopic (exact) mass is 326 g/mol. The van der Waals surface area contributed by atoms with E-state index in [1.54, 1.807) is 0 Å². The molecule has 6 heteroatoms. The second kappa shape index (κ2) is 7.62. The van der Waals surface area contributed by atoms with Crippen molar-refractivity contribution in [2.24, 2.45) is 11.8 Å². The minimum Gasteiger partial charge on any atom is -0.465 e. The Bertz CT molecular complexity index is 417. The Morgan fingerprint density at radius 3 is 2.30 bits per heavy atom. The summed E-state index contributed by atoms with van der Waals surface area (Å²) in [6.07, 6.45) is 5.40. The summed E-state index contributed by atoms with van der Waals surface area (Å²) in [5.74, 6) is -0.376. The molecule has 3 aliphatic rings. The number of fused-ring (bicyclic) bond motifs is 1. The number of ether oxygens (including phenoxy) is 4. The van der Waals surface area contributed by atoms with Crippen LogP contribution in [0.2, 0.25) is 0 Å². The van der Waals surface area contributed by atoms with Crippen LogP contribution in [0.1, 0.15) is 45.4 Å². The Hall–Kier alpha value is -1.14. The molecule has 2 aliphatic heterocycles. The summed E-state index contributed by atoms with van der Waals surface area (Å²) in [4.78, 5) is 23.9. The van der Waals surface area contributed by atoms with Crippen LogP contribution < -0.4 is 0 Å². The lowest BCUT2D eigenvalue weighted by molar-refractivity contribution is -0.154. The fourth-order valence-electron chi connectivity index (χ4n) is 3.47. The zero-order valence-corrected chi connectivity index (χ0v) is 13.7. The van der Waals surface area contributed by atoms with Crippen LogP contribution in [0.4, 0.5) is 0 Å². The molecule has 2 saturated heterocycles. The summed E-state index contributed by atoms with van der Waals surface area (Å²) >= 11 is 0. The maximum atomic E-state index is 11.9. The van der Waals surface area contributed by atoms with E-state index in [4.69, 9.17) is 18.9 Å². The molecule has 5 atom stereocenters. The Balaban J connectivity index is 1.25. The zero-order chi connectivity index (χ0) is 16.2. The van der Waals surface area contributed by atoms with Crippen molar-refractivity contribution >= 4 is 11.9 Å². The van der Waals surface area contributed by atoms with Crippen LogP contribution in [0, 0.1) is 11.8 Å². The first-order valence-corrected chi connectivity index (χ1v) is 8.74. The molecule has 0 aromatic carbocycles. The van der Waals surface area contributed by atoms with Gasteiger partial charge in [-0.1, -0.05) is 0 Å². The number of epoxide rings is 1. The van der Waals surface area contributed by atoms with Gasteiger partial charge in [0.2, 0.25) is 0 Å². The minimum atomic E-state index is -0.157. The van der Waals surface area contributed by atoms with Gasteiger partial charge in [0.1, 0.15) is 0 Å². The van der Waals surface area contributed by atoms with Crippen LogP contribution in [-0.4, -0.2) is 50.1 Å². The number of carbonyl (C=O) groups excluding carboxylic acids is 2. The van der Waals surface area contributed by atoms with Gasteiger partial charge in [-0.25, -0.2) is 0 Å². The first-order chi connectivity index (χ1) is 11.1. The first kappa shape index (κ1) is 16.7. The standard InChI is InChI=1S/C17H26O6/c1-11-9-13(5-8-20-11)17(19)22-7-2-6-21-16(18)12-3-4-14-15(10-12)23-14/h11-15H,2-10H2,1H3. The molecular formula is C17H26O6. The lowest BCUT2D eigenvalue weighted by Crippen LogP contribution is -2.30. The largest absolute Gasteiger partial charge is 0.465 e. The van der Waals surface area contributed by atoms with E-state index >= 15 is 0 Å². The molecule has 2 heterocycles. The molecule has 0 amide bonds. The van der Waals surface area contributed by atoms with Crippen LogP contribution >= 0.6 is 0 Å². The predicted molar refractivity (Wildman–Crippen MR) is 80.7 cm³/mol. The summed E-state index contributed by atoms with van der Waals surface area (Å²) in [6, 6.07) is 0. The van der Waals surface area contributed by atoms with Crippen molar-refractivity contribution in [2.75, 3.05) is 19.8 Å². The predicted octanol–water partition coefficient (Wildman–Crippen LogP) is 1.85. The van der Waals surface area contributed by atoms with E-state index in [1.165, 1.54) is 0 Å². The molecular weight excluding hydrogens is 300 g/mol. The van der Waals surface area contributed by atoms with Crippen LogP contribution in [-0.2, 0) is 28.5 Å². The Labute approximate surface area is 136 Å². The summed E-state index contributed by atoms with van der Waals surface area (Å²) < 4.78 is 21.4. The quantitative estimate of drug-likeness (QED) is 0.421. The molecule has 0 aromatic rings. The van der Waals surface area contributed by atoms with Crippen molar-refractivity contribution in [3.63, 3.8) is 0 Å². The van der Waals surface area contributed by atoms with Gasteiger partial charge in [0.25, 0.3) is 0 Å². The van der Waals surface area contributed by atoms with Gasteiger partial charge in [0, 0.05) is 13.0 Å². The van der Waals surface area contributed by atoms with Crippen LogP contribution in [0.25, 0.3) is 0 Å². The second-order valence-corrected chi connectivity index (χ2v) is 6.81. The number of carbonyl (C=O) groups is 2. The third-order valence-electron chi connectivity index (χ3n) is 4.93. The van der Waals surface area contributed by atoms with E-state index in [0.29, 0.717) is 32.3 Å². The van der Waals surface area contributed by atoms with E-state index in [1.807, 2.05) is 6.92 Å². The third kappa shape index (κ3) is 4.67. The fourth-order valence-corrected chi connectivity index (χ4v) is 3.47. The van der Waals surface area contributed by atoms with Crippen molar-refractivity contribution in [2.45, 2.75) is 63.8 Å². The minimum absolute atomic E-state index is 0.0231. The average molecular weight is 326 g/mol. The van der Waals surface area contributed by atoms with E-state index in [2.05, 4.69) is 0 Å². The molecule has 3 rings (SSSR count). The molecule has 0 radical (unpaired) electrons. The van der Waals surface area contributed by atoms with Gasteiger partial charge in [-0.15, -0.1) is 0 Å². The molecule has 6 nitrogen and oxygen atoms in total. The van der Waals surface area contributed by atoms with E-state index in [-0.39, 0.29) is 36.0 Å². The van der Waals surface area contributed by atoms with Gasteiger partial charge in [0.05, 0.1) is 43.4 Å². The highest BCUT2D eigenvalue weighted by molar-refractivity contribution is 5.73. The normalized spacial score (nSPS) is 36.0. The summed E-state index contributed by atoms with van der Waals surface area (Å²) in [5, 5.41) is 0. The summed E-state index contributed by atoms with van der Waals surface area (Å²) in [5.41, 5.74) is 0. The molecule has 3 fully saturated rings. The van der Waals surface area contributed by atoms with Gasteiger partial charge in [-0.05, 0) is 39.0 Å². The maximum Gasteiger partial charge on any atom is 0.309 e. The van der Waals surface area contributed by atoms with Crippen molar-refractivity contribution < 1.29 is 28.5 Å². The molecule has 0 N–H and O–H groups in total. The van der Waals surface area contributed by atoms with E-state index in [0.717, 1.165) is 32.1 Å². The number of hydrogen-bond acceptors (Lipinski definition) is 6. The van der Waals surface area contributed by atoms with Crippen molar-refractivity contribution in [3.05, 3.63) is 0 Å². The average Bonchev–Trinajstić information content (AvgIpc) is 3.32. The van der Waals surface area contributed by atoms with Crippen molar-refractivity contribution in [3.8, 4) is 0 Å². The molecule has 0 spiro atoms. The molecule has 1 aliphatic carbocycles. The summed E-state index contributed by atoms with van der Waals surface area (Å²) in [7, 11) is 0. The van der Waals surface area contributed by atoms with Gasteiger partial charge >= 0.3 is 11.9 Å². The van der Waals surface area contributed by atoms with Crippen LogP contribution in [0.5, 0.6) is 0 Å². The Morgan fingerprint density at radius 1 is 0.957 bits per heavy atom. The first-order valence-electron chi connectivity index (χ1n) is 8.74. The Morgan fingerprint density at radius 2 is 1.65 bits per heavy atom. The molecule has 0 bridgehead atoms. The smallest absolute Gasteiger partial charge is 0.309 e. The van der Waals surface area contributed by atoms with Gasteiger partial charge < -0.3 is 18.9 Å². The van der Waals surface area contributed by atoms with Crippen LogP contribution in [0.3, 0.4) is 0 Å². The topological polar surface area (TPSA) is 74.4 Å². The fraction of sp³-hybridized carbons (Fsp3) is 0.882. The highest BCUT2D eigenvalue weighted by Gasteiger charge is 2.46. The molecule has 130 valence electrons. The molecule has 1 saturated carbocycles. The second-order valence-electron chi connectivity index (χ2n) is 6.81. The van der Waals surface area contributed by atoms with Crippen LogP contribution in [0.15, 0.2) is 0 Å². The lowest BCUT2D eigenvalue weighted by Gasteiger charge is -2.25. The molecule has 0 aromatic heterocycles. The maximum absolute atomic E-state index is 11.9. The van der Waals surface area contributed by atoms with Crippen molar-refractivity contribution in [1.29, 1.82) is 0 Å². The van der Waals surface area contributed by atoms with E-state index < -0.39 is 0 Å². The highest BCUT2D eigenvalue weighted by Crippen LogP contribution is 2.39. The summed E-state index contributed by atoms with van der Waals surface area (Å²) in [6.45, 7) is 3.20. The van der Waals surface area contributed by atoms with E-state index in [9.17, 15) is 9.59 Å². The highest BCUT2D eigenvalue weighted by atomic mass is 16.6. The SMILES string of the molecule is CC1CC(C(=O)OCCCOC(=O)C2CCC3OC3C2)CCO1. The lowest BCUT2D eigenvalue weighted by atomic mass is 9.89. The van der Waals surface area contributed by atoms with Gasteiger partial charge in [-0.2, -0.15) is 0 Å². The van der Waals surface area contributed by atoms with Gasteiger partial charge in [-0.3, -0.25) is 9.59 Å². The van der Waals surface area contributed by atoms with Gasteiger partial charge in [0.15, 0.2) is 0 Å². The Kier molecular flexibility index (Phi) is 5.54. The molecule has 23 heavy (non-hydrogen) atoms. The van der Waals surface area contributed by atoms with Crippen molar-refractivity contribution in [1.82, 2.24) is 0 Å². The number of hydrogen-bond donors (Lipinski definition) is 0. The third-order valence-corrected chi connectivity index (χ3v) is 4.93. The zero-order valence-electron chi connectivity index (χ0n) is 13.7. The molecule has 5 unspecified atom stereocenters. The number of rotatable bonds is 6. The number of esters is 2.